The summed E-state index contributed by atoms with van der Waals surface area (Å²) in [5.41, 5.74) is 3.32. The first kappa shape index (κ1) is 22.4. The molecule has 6 nitrogen and oxygen atoms in total. The van der Waals surface area contributed by atoms with Crippen LogP contribution in [-0.4, -0.2) is 15.7 Å². The Morgan fingerprint density at radius 2 is 1.73 bits per heavy atom. The van der Waals surface area contributed by atoms with Crippen LogP contribution >= 0.6 is 0 Å². The summed E-state index contributed by atoms with van der Waals surface area (Å²) < 4.78 is 13.4. The summed E-state index contributed by atoms with van der Waals surface area (Å²) in [6, 6.07) is 23.9. The van der Waals surface area contributed by atoms with Crippen molar-refractivity contribution in [2.45, 2.75) is 45.9 Å². The topological polar surface area (TPSA) is 69.3 Å². The van der Waals surface area contributed by atoms with Gasteiger partial charge in [-0.15, -0.1) is 0 Å². The third-order valence-corrected chi connectivity index (χ3v) is 5.87. The van der Waals surface area contributed by atoms with Gasteiger partial charge in [-0.3, -0.25) is 9.48 Å². The summed E-state index contributed by atoms with van der Waals surface area (Å²) in [5.74, 6) is 1.33. The highest BCUT2D eigenvalue weighted by Gasteiger charge is 2.22. The number of nitrogens with zero attached hydrogens (tertiary/aromatic N) is 2. The van der Waals surface area contributed by atoms with Gasteiger partial charge in [0.1, 0.15) is 18.1 Å². The van der Waals surface area contributed by atoms with Crippen LogP contribution < -0.4 is 10.1 Å². The zero-order chi connectivity index (χ0) is 23.3. The second-order valence-electron chi connectivity index (χ2n) is 8.39. The van der Waals surface area contributed by atoms with Gasteiger partial charge in [0.05, 0.1) is 12.2 Å². The summed E-state index contributed by atoms with van der Waals surface area (Å²) in [6.45, 7) is 7.83. The van der Waals surface area contributed by atoms with Gasteiger partial charge in [-0.1, -0.05) is 56.3 Å². The lowest BCUT2D eigenvalue weighted by molar-refractivity contribution is 0.0918. The molecule has 2 heterocycles. The highest BCUT2D eigenvalue weighted by molar-refractivity contribution is 5.91. The van der Waals surface area contributed by atoms with Crippen molar-refractivity contribution in [2.75, 3.05) is 0 Å². The van der Waals surface area contributed by atoms with Crippen molar-refractivity contribution in [3.05, 3.63) is 107 Å². The predicted molar refractivity (Wildman–Crippen MR) is 127 cm³/mol. The molecule has 0 saturated carbocycles. The highest BCUT2D eigenvalue weighted by Crippen LogP contribution is 2.32. The molecule has 0 aliphatic carbocycles. The third-order valence-electron chi connectivity index (χ3n) is 5.87. The molecule has 0 atom stereocenters. The maximum absolute atomic E-state index is 12.4. The minimum absolute atomic E-state index is 0.0993. The van der Waals surface area contributed by atoms with Crippen LogP contribution in [0.2, 0.25) is 0 Å². The number of furan rings is 1. The number of ether oxygens (including phenoxy) is 1. The average molecular weight is 444 g/mol. The van der Waals surface area contributed by atoms with Crippen LogP contribution in [0.5, 0.6) is 5.75 Å². The fraction of sp³-hybridized carbons (Fsp3) is 0.259. The SMILES string of the molecule is CCn1nccc1CNC(=O)c1ccc(COc2ccc(C(C)(C)c3ccccc3)cc2)o1. The normalized spacial score (nSPS) is 11.4. The monoisotopic (exact) mass is 443 g/mol. The predicted octanol–water partition coefficient (Wildman–Crippen LogP) is 5.33. The van der Waals surface area contributed by atoms with E-state index in [1.54, 1.807) is 18.3 Å². The number of carbonyl (C=O) groups excluding carboxylic acids is 1. The molecule has 33 heavy (non-hydrogen) atoms. The van der Waals surface area contributed by atoms with Crippen molar-refractivity contribution in [3.8, 4) is 5.75 Å². The second-order valence-corrected chi connectivity index (χ2v) is 8.39. The van der Waals surface area contributed by atoms with Crippen molar-refractivity contribution < 1.29 is 13.9 Å². The second kappa shape index (κ2) is 9.77. The van der Waals surface area contributed by atoms with E-state index in [0.29, 0.717) is 12.3 Å². The van der Waals surface area contributed by atoms with Crippen LogP contribution in [-0.2, 0) is 25.1 Å². The van der Waals surface area contributed by atoms with Gasteiger partial charge in [0.2, 0.25) is 0 Å². The van der Waals surface area contributed by atoms with E-state index in [1.807, 2.05) is 35.9 Å². The maximum atomic E-state index is 12.4. The fourth-order valence-corrected chi connectivity index (χ4v) is 3.77. The molecule has 1 N–H and O–H groups in total. The number of nitrogens with one attached hydrogen (secondary N) is 1. The lowest BCUT2D eigenvalue weighted by atomic mass is 9.78. The quantitative estimate of drug-likeness (QED) is 0.380. The number of hydrogen-bond acceptors (Lipinski definition) is 4. The van der Waals surface area contributed by atoms with Gasteiger partial charge in [0.25, 0.3) is 5.91 Å². The summed E-state index contributed by atoms with van der Waals surface area (Å²) >= 11 is 0. The van der Waals surface area contributed by atoms with Crippen molar-refractivity contribution in [2.24, 2.45) is 0 Å². The van der Waals surface area contributed by atoms with E-state index >= 15 is 0 Å². The lowest BCUT2D eigenvalue weighted by Gasteiger charge is -2.26. The number of amides is 1. The molecule has 0 radical (unpaired) electrons. The van der Waals surface area contributed by atoms with Crippen molar-refractivity contribution in [1.82, 2.24) is 15.1 Å². The molecule has 0 fully saturated rings. The van der Waals surface area contributed by atoms with Gasteiger partial charge in [-0.2, -0.15) is 5.10 Å². The van der Waals surface area contributed by atoms with E-state index in [2.05, 4.69) is 60.7 Å². The Labute approximate surface area is 194 Å². The number of aryl methyl sites for hydroxylation is 1. The molecule has 4 aromatic rings. The first-order chi connectivity index (χ1) is 16.0. The van der Waals surface area contributed by atoms with Gasteiger partial charge in [-0.05, 0) is 48.4 Å². The van der Waals surface area contributed by atoms with Crippen LogP contribution in [0.4, 0.5) is 0 Å². The number of benzene rings is 2. The summed E-state index contributed by atoms with van der Waals surface area (Å²) in [4.78, 5) is 12.4. The number of aromatic nitrogens is 2. The van der Waals surface area contributed by atoms with Crippen molar-refractivity contribution in [3.63, 3.8) is 0 Å². The minimum atomic E-state index is -0.266. The molecule has 1 amide bonds. The van der Waals surface area contributed by atoms with E-state index in [1.165, 1.54) is 11.1 Å². The maximum Gasteiger partial charge on any atom is 0.287 e. The Bertz CT molecular complexity index is 1190. The van der Waals surface area contributed by atoms with Gasteiger partial charge in [0.15, 0.2) is 5.76 Å². The van der Waals surface area contributed by atoms with E-state index in [4.69, 9.17) is 9.15 Å². The van der Waals surface area contributed by atoms with Crippen LogP contribution in [0.1, 0.15) is 53.9 Å². The zero-order valence-electron chi connectivity index (χ0n) is 19.2. The molecule has 0 bridgehead atoms. The third kappa shape index (κ3) is 5.17. The number of hydrogen-bond donors (Lipinski definition) is 1. The molecule has 0 aliphatic rings. The molecule has 0 spiro atoms. The average Bonchev–Trinajstić information content (AvgIpc) is 3.51. The highest BCUT2D eigenvalue weighted by atomic mass is 16.5. The lowest BCUT2D eigenvalue weighted by Crippen LogP contribution is -2.24. The molecule has 2 aromatic carbocycles. The van der Waals surface area contributed by atoms with Crippen molar-refractivity contribution in [1.29, 1.82) is 0 Å². The minimum Gasteiger partial charge on any atom is -0.486 e. The molecule has 0 unspecified atom stereocenters. The molecule has 2 aromatic heterocycles. The zero-order valence-corrected chi connectivity index (χ0v) is 19.2. The molecule has 0 aliphatic heterocycles. The number of rotatable bonds is 9. The van der Waals surface area contributed by atoms with Gasteiger partial charge < -0.3 is 14.5 Å². The molecular formula is C27H29N3O3. The van der Waals surface area contributed by atoms with E-state index < -0.39 is 0 Å². The summed E-state index contributed by atoms with van der Waals surface area (Å²) in [5, 5.41) is 7.06. The first-order valence-electron chi connectivity index (χ1n) is 11.1. The van der Waals surface area contributed by atoms with E-state index in [-0.39, 0.29) is 23.7 Å². The van der Waals surface area contributed by atoms with Crippen LogP contribution in [0.15, 0.2) is 83.4 Å². The Balaban J connectivity index is 1.32. The van der Waals surface area contributed by atoms with E-state index in [0.717, 1.165) is 18.0 Å². The Morgan fingerprint density at radius 3 is 2.45 bits per heavy atom. The molecular weight excluding hydrogens is 414 g/mol. The smallest absolute Gasteiger partial charge is 0.287 e. The Morgan fingerprint density at radius 1 is 1.00 bits per heavy atom. The molecule has 4 rings (SSSR count). The largest absolute Gasteiger partial charge is 0.486 e. The van der Waals surface area contributed by atoms with Crippen LogP contribution in [0, 0.1) is 0 Å². The summed E-state index contributed by atoms with van der Waals surface area (Å²) in [6.07, 6.45) is 1.72. The Kier molecular flexibility index (Phi) is 6.63. The van der Waals surface area contributed by atoms with Crippen molar-refractivity contribution >= 4 is 5.91 Å². The van der Waals surface area contributed by atoms with Gasteiger partial charge >= 0.3 is 0 Å². The summed E-state index contributed by atoms with van der Waals surface area (Å²) in [7, 11) is 0. The Hall–Kier alpha value is -3.80. The molecule has 6 heteroatoms. The van der Waals surface area contributed by atoms with Crippen LogP contribution in [0.25, 0.3) is 0 Å². The number of carbonyl (C=O) groups is 1. The molecule has 170 valence electrons. The van der Waals surface area contributed by atoms with E-state index in [9.17, 15) is 4.79 Å². The fourth-order valence-electron chi connectivity index (χ4n) is 3.77. The molecule has 0 saturated heterocycles. The van der Waals surface area contributed by atoms with Gasteiger partial charge in [0, 0.05) is 18.2 Å². The standard InChI is InChI=1S/C27H29N3O3/c1-4-30-22(16-17-29-30)18-28-26(31)25-15-14-24(33-25)19-32-23-12-10-21(11-13-23)27(2,3)20-8-6-5-7-9-20/h5-17H,4,18-19H2,1-3H3,(H,28,31). The van der Waals surface area contributed by atoms with Crippen LogP contribution in [0.3, 0.4) is 0 Å². The van der Waals surface area contributed by atoms with Gasteiger partial charge in [-0.25, -0.2) is 0 Å². The first-order valence-corrected chi connectivity index (χ1v) is 11.1.